The van der Waals surface area contributed by atoms with Gasteiger partial charge in [0.1, 0.15) is 6.10 Å². The Labute approximate surface area is 154 Å². The molecule has 2 aliphatic rings. The Bertz CT molecular complexity index is 741. The fourth-order valence-electron chi connectivity index (χ4n) is 3.67. The largest absolute Gasteiger partial charge is 0.368 e. The second-order valence-corrected chi connectivity index (χ2v) is 7.15. The van der Waals surface area contributed by atoms with Crippen LogP contribution in [0, 0.1) is 13.8 Å². The maximum Gasteiger partial charge on any atom is 0.225 e. The number of hydrogen-bond donors (Lipinski definition) is 0. The molecule has 0 saturated carbocycles. The van der Waals surface area contributed by atoms with Gasteiger partial charge in [-0.2, -0.15) is 0 Å². The van der Waals surface area contributed by atoms with E-state index >= 15 is 0 Å². The Morgan fingerprint density at radius 2 is 1.85 bits per heavy atom. The maximum absolute atomic E-state index is 5.94. The van der Waals surface area contributed by atoms with Crippen molar-refractivity contribution in [2.24, 2.45) is 0 Å². The molecule has 2 aromatic rings. The molecule has 7 heteroatoms. The summed E-state index contributed by atoms with van der Waals surface area (Å²) in [5.74, 6) is 1.65. The second kappa shape index (κ2) is 7.63. The Hall–Kier alpha value is -2.12. The van der Waals surface area contributed by atoms with Crippen molar-refractivity contribution in [1.29, 1.82) is 0 Å². The van der Waals surface area contributed by atoms with Gasteiger partial charge in [0, 0.05) is 50.3 Å². The van der Waals surface area contributed by atoms with Crippen molar-refractivity contribution >= 4 is 5.95 Å². The van der Waals surface area contributed by atoms with E-state index in [0.717, 1.165) is 61.6 Å². The van der Waals surface area contributed by atoms with Crippen LogP contribution < -0.4 is 4.90 Å². The highest BCUT2D eigenvalue weighted by molar-refractivity contribution is 5.31. The molecule has 138 valence electrons. The summed E-state index contributed by atoms with van der Waals surface area (Å²) < 4.78 is 5.94. The minimum atomic E-state index is -0.0813. The lowest BCUT2D eigenvalue weighted by atomic mass is 10.2. The summed E-state index contributed by atoms with van der Waals surface area (Å²) >= 11 is 0. The molecule has 0 spiro atoms. The van der Waals surface area contributed by atoms with Gasteiger partial charge in [-0.25, -0.2) is 19.9 Å². The van der Waals surface area contributed by atoms with Crippen LogP contribution in [0.2, 0.25) is 0 Å². The van der Waals surface area contributed by atoms with E-state index in [-0.39, 0.29) is 6.10 Å². The van der Waals surface area contributed by atoms with Crippen molar-refractivity contribution in [1.82, 2.24) is 24.8 Å². The minimum Gasteiger partial charge on any atom is -0.368 e. The zero-order chi connectivity index (χ0) is 17.9. The van der Waals surface area contributed by atoms with E-state index in [4.69, 9.17) is 9.72 Å². The molecule has 2 saturated heterocycles. The number of hydrogen-bond acceptors (Lipinski definition) is 7. The molecule has 1 unspecified atom stereocenters. The molecular formula is C19H26N6O. The molecule has 1 atom stereocenters. The molecule has 2 fully saturated rings. The molecule has 2 aliphatic heterocycles. The van der Waals surface area contributed by atoms with Crippen LogP contribution in [0.25, 0.3) is 0 Å². The second-order valence-electron chi connectivity index (χ2n) is 7.15. The van der Waals surface area contributed by atoms with Gasteiger partial charge in [-0.15, -0.1) is 0 Å². The molecule has 4 heterocycles. The quantitative estimate of drug-likeness (QED) is 0.832. The van der Waals surface area contributed by atoms with Crippen LogP contribution in [0.1, 0.15) is 41.9 Å². The van der Waals surface area contributed by atoms with E-state index in [2.05, 4.69) is 24.8 Å². The SMILES string of the molecule is Cc1cc(C)nc(C2CN(Cc3ccnc(N4CCCC4)n3)CCO2)n1. The van der Waals surface area contributed by atoms with Crippen LogP contribution in [0.4, 0.5) is 5.95 Å². The predicted octanol–water partition coefficient (Wildman–Crippen LogP) is 2.06. The predicted molar refractivity (Wildman–Crippen MR) is 99.0 cm³/mol. The summed E-state index contributed by atoms with van der Waals surface area (Å²) in [5.41, 5.74) is 3.03. The summed E-state index contributed by atoms with van der Waals surface area (Å²) in [6, 6.07) is 4.00. The standard InChI is InChI=1S/C19H26N6O/c1-14-11-15(2)22-18(21-14)17-13-24(9-10-26-17)12-16-5-6-20-19(23-16)25-7-3-4-8-25/h5-6,11,17H,3-4,7-10,12-13H2,1-2H3. The molecular weight excluding hydrogens is 328 g/mol. The van der Waals surface area contributed by atoms with E-state index < -0.39 is 0 Å². The first-order valence-corrected chi connectivity index (χ1v) is 9.40. The van der Waals surface area contributed by atoms with Crippen molar-refractivity contribution in [3.63, 3.8) is 0 Å². The van der Waals surface area contributed by atoms with E-state index in [1.807, 2.05) is 32.2 Å². The molecule has 0 N–H and O–H groups in total. The molecule has 2 aromatic heterocycles. The summed E-state index contributed by atoms with van der Waals surface area (Å²) in [6.45, 7) is 9.29. The van der Waals surface area contributed by atoms with Crippen LogP contribution in [0.5, 0.6) is 0 Å². The summed E-state index contributed by atoms with van der Waals surface area (Å²) in [4.78, 5) is 23.0. The topological polar surface area (TPSA) is 67.3 Å². The third kappa shape index (κ3) is 3.99. The van der Waals surface area contributed by atoms with Crippen LogP contribution in [0.3, 0.4) is 0 Å². The first-order valence-electron chi connectivity index (χ1n) is 9.40. The monoisotopic (exact) mass is 354 g/mol. The van der Waals surface area contributed by atoms with Gasteiger partial charge in [0.2, 0.25) is 5.95 Å². The molecule has 0 bridgehead atoms. The summed E-state index contributed by atoms with van der Waals surface area (Å²) in [6.07, 6.45) is 4.26. The average Bonchev–Trinajstić information content (AvgIpc) is 3.16. The average molecular weight is 354 g/mol. The number of aromatic nitrogens is 4. The highest BCUT2D eigenvalue weighted by Gasteiger charge is 2.25. The first kappa shape index (κ1) is 17.3. The molecule has 0 radical (unpaired) electrons. The Morgan fingerprint density at radius 1 is 1.08 bits per heavy atom. The minimum absolute atomic E-state index is 0.0813. The number of morpholine rings is 1. The van der Waals surface area contributed by atoms with Crippen LogP contribution in [-0.2, 0) is 11.3 Å². The fraction of sp³-hybridized carbons (Fsp3) is 0.579. The maximum atomic E-state index is 5.94. The van der Waals surface area contributed by atoms with Gasteiger partial charge in [-0.3, -0.25) is 4.90 Å². The fourth-order valence-corrected chi connectivity index (χ4v) is 3.67. The van der Waals surface area contributed by atoms with Crippen molar-refractivity contribution in [3.8, 4) is 0 Å². The van der Waals surface area contributed by atoms with E-state index in [0.29, 0.717) is 6.61 Å². The van der Waals surface area contributed by atoms with Gasteiger partial charge in [0.05, 0.1) is 12.3 Å². The third-order valence-corrected chi connectivity index (χ3v) is 4.91. The van der Waals surface area contributed by atoms with Gasteiger partial charge in [0.25, 0.3) is 0 Å². The van der Waals surface area contributed by atoms with Crippen molar-refractivity contribution in [3.05, 3.63) is 41.2 Å². The molecule has 4 rings (SSSR count). The number of ether oxygens (including phenoxy) is 1. The Balaban J connectivity index is 1.44. The zero-order valence-electron chi connectivity index (χ0n) is 15.6. The number of rotatable bonds is 4. The summed E-state index contributed by atoms with van der Waals surface area (Å²) in [5, 5.41) is 0. The number of anilines is 1. The Morgan fingerprint density at radius 3 is 2.62 bits per heavy atom. The van der Waals surface area contributed by atoms with Crippen molar-refractivity contribution < 1.29 is 4.74 Å². The van der Waals surface area contributed by atoms with Gasteiger partial charge >= 0.3 is 0 Å². The molecule has 26 heavy (non-hydrogen) atoms. The molecule has 0 amide bonds. The first-order chi connectivity index (χ1) is 12.7. The van der Waals surface area contributed by atoms with Gasteiger partial charge in [-0.05, 0) is 38.8 Å². The van der Waals surface area contributed by atoms with Crippen LogP contribution in [-0.4, -0.2) is 57.6 Å². The normalized spacial score (nSPS) is 21.3. The molecule has 0 aliphatic carbocycles. The number of nitrogens with zero attached hydrogens (tertiary/aromatic N) is 6. The highest BCUT2D eigenvalue weighted by atomic mass is 16.5. The van der Waals surface area contributed by atoms with Crippen LogP contribution in [0.15, 0.2) is 18.3 Å². The molecule has 0 aromatic carbocycles. The smallest absolute Gasteiger partial charge is 0.225 e. The summed E-state index contributed by atoms with van der Waals surface area (Å²) in [7, 11) is 0. The van der Waals surface area contributed by atoms with E-state index in [1.54, 1.807) is 0 Å². The lowest BCUT2D eigenvalue weighted by Crippen LogP contribution is -2.38. The highest BCUT2D eigenvalue weighted by Crippen LogP contribution is 2.22. The third-order valence-electron chi connectivity index (χ3n) is 4.91. The van der Waals surface area contributed by atoms with Gasteiger partial charge in [-0.1, -0.05) is 0 Å². The zero-order valence-corrected chi connectivity index (χ0v) is 15.6. The lowest BCUT2D eigenvalue weighted by Gasteiger charge is -2.32. The lowest BCUT2D eigenvalue weighted by molar-refractivity contribution is -0.0377. The molecule has 7 nitrogen and oxygen atoms in total. The number of aryl methyl sites for hydroxylation is 2. The van der Waals surface area contributed by atoms with E-state index in [1.165, 1.54) is 12.8 Å². The van der Waals surface area contributed by atoms with E-state index in [9.17, 15) is 0 Å². The van der Waals surface area contributed by atoms with Gasteiger partial charge < -0.3 is 9.64 Å². The van der Waals surface area contributed by atoms with Crippen LogP contribution >= 0.6 is 0 Å². The van der Waals surface area contributed by atoms with Crippen molar-refractivity contribution in [2.45, 2.75) is 39.3 Å². The Kier molecular flexibility index (Phi) is 5.08. The van der Waals surface area contributed by atoms with Gasteiger partial charge in [0.15, 0.2) is 5.82 Å². The van der Waals surface area contributed by atoms with Crippen molar-refractivity contribution in [2.75, 3.05) is 37.7 Å².